The first-order chi connectivity index (χ1) is 12.2. The largest absolute Gasteiger partial charge is 0.382 e. The third-order valence-electron chi connectivity index (χ3n) is 4.35. The number of aromatic nitrogens is 2. The number of fused-ring (bicyclic) bond motifs is 1. The fourth-order valence-corrected chi connectivity index (χ4v) is 3.55. The van der Waals surface area contributed by atoms with Gasteiger partial charge >= 0.3 is 0 Å². The Hall–Kier alpha value is -1.71. The molecule has 0 fully saturated rings. The van der Waals surface area contributed by atoms with Crippen molar-refractivity contribution >= 4 is 34.4 Å². The Morgan fingerprint density at radius 3 is 2.64 bits per heavy atom. The summed E-state index contributed by atoms with van der Waals surface area (Å²) in [5.74, 6) is 0. The van der Waals surface area contributed by atoms with E-state index in [1.165, 1.54) is 19.3 Å². The number of anilines is 1. The lowest BCUT2D eigenvalue weighted by molar-refractivity contribution is 0.743. The zero-order valence-corrected chi connectivity index (χ0v) is 16.2. The van der Waals surface area contributed by atoms with E-state index >= 15 is 0 Å². The molecule has 0 radical (unpaired) electrons. The van der Waals surface area contributed by atoms with Crippen LogP contribution in [0.5, 0.6) is 0 Å². The summed E-state index contributed by atoms with van der Waals surface area (Å²) in [7, 11) is 0. The highest BCUT2D eigenvalue weighted by atomic mass is 35.5. The van der Waals surface area contributed by atoms with Crippen LogP contribution in [0.3, 0.4) is 0 Å². The number of aryl methyl sites for hydroxylation is 1. The first kappa shape index (κ1) is 18.1. The molecule has 2 heterocycles. The third-order valence-corrected chi connectivity index (χ3v) is 4.90. The van der Waals surface area contributed by atoms with Gasteiger partial charge in [-0.05, 0) is 43.2 Å². The molecule has 3 aromatic rings. The van der Waals surface area contributed by atoms with Crippen LogP contribution in [0.2, 0.25) is 10.0 Å². The Bertz CT molecular complexity index is 871. The number of pyridine rings is 1. The number of hydrogen-bond acceptors (Lipinski definition) is 2. The smallest absolute Gasteiger partial charge is 0.0903 e. The lowest BCUT2D eigenvalue weighted by Crippen LogP contribution is -2.02. The minimum atomic E-state index is 0.631. The average molecular weight is 376 g/mol. The second kappa shape index (κ2) is 8.11. The topological polar surface area (TPSA) is 29.3 Å². The molecule has 0 bridgehead atoms. The highest BCUT2D eigenvalue weighted by molar-refractivity contribution is 6.36. The Kier molecular flexibility index (Phi) is 5.87. The van der Waals surface area contributed by atoms with Crippen molar-refractivity contribution in [2.75, 3.05) is 11.9 Å². The maximum absolute atomic E-state index is 6.42. The Labute approximate surface area is 159 Å². The molecule has 1 N–H and O–H groups in total. The number of rotatable bonds is 7. The maximum Gasteiger partial charge on any atom is 0.0903 e. The van der Waals surface area contributed by atoms with Crippen molar-refractivity contribution in [2.24, 2.45) is 0 Å². The third kappa shape index (κ3) is 3.78. The average Bonchev–Trinajstić information content (AvgIpc) is 2.97. The minimum Gasteiger partial charge on any atom is -0.382 e. The van der Waals surface area contributed by atoms with Crippen LogP contribution >= 0.6 is 23.2 Å². The standard InChI is InChI=1S/C20H23Cl2N3/c1-3-5-6-12-23-20-17(4-2)24-25-18(8-7-9-19(20)25)15-11-10-14(21)13-16(15)22/h7-11,13,23H,3-6,12H2,1-2H3. The van der Waals surface area contributed by atoms with E-state index in [0.717, 1.165) is 41.1 Å². The van der Waals surface area contributed by atoms with Crippen molar-refractivity contribution in [3.63, 3.8) is 0 Å². The number of halogens is 2. The zero-order valence-electron chi connectivity index (χ0n) is 14.6. The predicted octanol–water partition coefficient (Wildman–Crippen LogP) is 6.47. The molecule has 0 aliphatic carbocycles. The molecule has 0 saturated carbocycles. The van der Waals surface area contributed by atoms with Crippen LogP contribution in [0.15, 0.2) is 36.4 Å². The molecule has 25 heavy (non-hydrogen) atoms. The predicted molar refractivity (Wildman–Crippen MR) is 108 cm³/mol. The quantitative estimate of drug-likeness (QED) is 0.479. The second-order valence-corrected chi connectivity index (χ2v) is 6.99. The first-order valence-corrected chi connectivity index (χ1v) is 9.61. The second-order valence-electron chi connectivity index (χ2n) is 6.14. The fraction of sp³-hybridized carbons (Fsp3) is 0.350. The van der Waals surface area contributed by atoms with Gasteiger partial charge in [-0.1, -0.05) is 56.0 Å². The SMILES string of the molecule is CCCCCNc1c(CC)nn2c(-c3ccc(Cl)cc3Cl)cccc12. The molecule has 3 nitrogen and oxygen atoms in total. The lowest BCUT2D eigenvalue weighted by atomic mass is 10.1. The molecule has 0 aliphatic heterocycles. The van der Waals surface area contributed by atoms with Crippen molar-refractivity contribution < 1.29 is 0 Å². The Morgan fingerprint density at radius 2 is 1.92 bits per heavy atom. The Balaban J connectivity index is 2.05. The van der Waals surface area contributed by atoms with E-state index in [0.29, 0.717) is 10.0 Å². The van der Waals surface area contributed by atoms with Gasteiger partial charge in [0.05, 0.1) is 27.6 Å². The minimum absolute atomic E-state index is 0.631. The van der Waals surface area contributed by atoms with Gasteiger partial charge in [-0.25, -0.2) is 4.52 Å². The summed E-state index contributed by atoms with van der Waals surface area (Å²) in [6.45, 7) is 5.32. The highest BCUT2D eigenvalue weighted by Gasteiger charge is 2.15. The van der Waals surface area contributed by atoms with Crippen molar-refractivity contribution in [3.8, 4) is 11.3 Å². The van der Waals surface area contributed by atoms with Crippen molar-refractivity contribution in [1.29, 1.82) is 0 Å². The van der Waals surface area contributed by atoms with Crippen molar-refractivity contribution in [1.82, 2.24) is 9.61 Å². The Morgan fingerprint density at radius 1 is 1.08 bits per heavy atom. The summed E-state index contributed by atoms with van der Waals surface area (Å²) in [6.07, 6.45) is 4.50. The number of benzene rings is 1. The summed E-state index contributed by atoms with van der Waals surface area (Å²) in [5.41, 5.74) is 5.19. The zero-order chi connectivity index (χ0) is 17.8. The van der Waals surface area contributed by atoms with E-state index in [2.05, 4.69) is 25.2 Å². The van der Waals surface area contributed by atoms with Gasteiger partial charge in [0.25, 0.3) is 0 Å². The van der Waals surface area contributed by atoms with Crippen LogP contribution in [-0.2, 0) is 6.42 Å². The molecular formula is C20H23Cl2N3. The number of unbranched alkanes of at least 4 members (excludes halogenated alkanes) is 2. The number of nitrogens with one attached hydrogen (secondary N) is 1. The fourth-order valence-electron chi connectivity index (χ4n) is 3.05. The van der Waals surface area contributed by atoms with Gasteiger partial charge in [0.2, 0.25) is 0 Å². The van der Waals surface area contributed by atoms with Gasteiger partial charge in [-0.3, -0.25) is 0 Å². The molecule has 5 heteroatoms. The van der Waals surface area contributed by atoms with E-state index in [4.69, 9.17) is 28.3 Å². The van der Waals surface area contributed by atoms with E-state index in [-0.39, 0.29) is 0 Å². The summed E-state index contributed by atoms with van der Waals surface area (Å²) in [5, 5.41) is 9.68. The highest BCUT2D eigenvalue weighted by Crippen LogP contribution is 2.33. The normalized spacial score (nSPS) is 11.2. The molecular weight excluding hydrogens is 353 g/mol. The van der Waals surface area contributed by atoms with E-state index in [1.807, 2.05) is 28.8 Å². The number of hydrogen-bond donors (Lipinski definition) is 1. The molecule has 0 aliphatic rings. The summed E-state index contributed by atoms with van der Waals surface area (Å²) in [6, 6.07) is 11.8. The van der Waals surface area contributed by atoms with Gasteiger partial charge in [0, 0.05) is 17.1 Å². The molecule has 1 aromatic carbocycles. The molecule has 0 atom stereocenters. The molecule has 0 amide bonds. The molecule has 0 saturated heterocycles. The molecule has 2 aromatic heterocycles. The van der Waals surface area contributed by atoms with Gasteiger partial charge in [0.15, 0.2) is 0 Å². The lowest BCUT2D eigenvalue weighted by Gasteiger charge is -2.09. The van der Waals surface area contributed by atoms with Gasteiger partial charge in [-0.2, -0.15) is 5.10 Å². The van der Waals surface area contributed by atoms with Crippen LogP contribution in [-0.4, -0.2) is 16.2 Å². The monoisotopic (exact) mass is 375 g/mol. The van der Waals surface area contributed by atoms with Gasteiger partial charge < -0.3 is 5.32 Å². The van der Waals surface area contributed by atoms with Crippen LogP contribution in [0.25, 0.3) is 16.8 Å². The van der Waals surface area contributed by atoms with Crippen LogP contribution in [0.1, 0.15) is 38.8 Å². The molecule has 132 valence electrons. The van der Waals surface area contributed by atoms with E-state index in [1.54, 1.807) is 6.07 Å². The maximum atomic E-state index is 6.42. The molecule has 0 spiro atoms. The number of nitrogens with zero attached hydrogens (tertiary/aromatic N) is 2. The molecule has 3 rings (SSSR count). The van der Waals surface area contributed by atoms with Crippen LogP contribution < -0.4 is 5.32 Å². The van der Waals surface area contributed by atoms with Crippen molar-refractivity contribution in [3.05, 3.63) is 52.1 Å². The van der Waals surface area contributed by atoms with Gasteiger partial charge in [-0.15, -0.1) is 0 Å². The van der Waals surface area contributed by atoms with Crippen molar-refractivity contribution in [2.45, 2.75) is 39.5 Å². The van der Waals surface area contributed by atoms with E-state index < -0.39 is 0 Å². The first-order valence-electron chi connectivity index (χ1n) is 8.85. The summed E-state index contributed by atoms with van der Waals surface area (Å²) >= 11 is 12.5. The molecule has 0 unspecified atom stereocenters. The van der Waals surface area contributed by atoms with E-state index in [9.17, 15) is 0 Å². The van der Waals surface area contributed by atoms with Gasteiger partial charge in [0.1, 0.15) is 0 Å². The van der Waals surface area contributed by atoms with Crippen LogP contribution in [0, 0.1) is 0 Å². The summed E-state index contributed by atoms with van der Waals surface area (Å²) < 4.78 is 1.98. The van der Waals surface area contributed by atoms with Crippen LogP contribution in [0.4, 0.5) is 5.69 Å². The summed E-state index contributed by atoms with van der Waals surface area (Å²) in [4.78, 5) is 0.